The molecular weight excluding hydrogens is 404 g/mol. The van der Waals surface area contributed by atoms with E-state index in [0.717, 1.165) is 56.2 Å². The lowest BCUT2D eigenvalue weighted by atomic mass is 9.81. The number of carbonyl (C=O) groups is 2. The van der Waals surface area contributed by atoms with Crippen LogP contribution in [0.3, 0.4) is 0 Å². The molecule has 2 aliphatic carbocycles. The summed E-state index contributed by atoms with van der Waals surface area (Å²) in [6.45, 7) is 3.67. The van der Waals surface area contributed by atoms with Crippen molar-refractivity contribution in [2.24, 2.45) is 5.92 Å². The molecule has 7 nitrogen and oxygen atoms in total. The molecule has 2 aromatic heterocycles. The number of hydrogen-bond acceptors (Lipinski definition) is 4. The number of nitrogens with one attached hydrogen (secondary N) is 3. The average molecular weight is 433 g/mol. The van der Waals surface area contributed by atoms with Crippen LogP contribution in [0.2, 0.25) is 0 Å². The summed E-state index contributed by atoms with van der Waals surface area (Å²) in [5.41, 5.74) is 1.35. The Kier molecular flexibility index (Phi) is 6.13. The minimum absolute atomic E-state index is 0.0153. The number of pyridine rings is 2. The highest BCUT2D eigenvalue weighted by molar-refractivity contribution is 5.95. The van der Waals surface area contributed by atoms with Crippen molar-refractivity contribution < 1.29 is 9.59 Å². The highest BCUT2D eigenvalue weighted by atomic mass is 16.2. The first-order valence-electron chi connectivity index (χ1n) is 11.2. The van der Waals surface area contributed by atoms with Crippen LogP contribution in [-0.2, 0) is 4.79 Å². The van der Waals surface area contributed by atoms with Crippen LogP contribution in [0.4, 0.5) is 5.82 Å². The fourth-order valence-electron chi connectivity index (χ4n) is 3.92. The number of carbonyl (C=O) groups excluding carboxylic acids is 2. The molecule has 2 amide bonds. The van der Waals surface area contributed by atoms with Gasteiger partial charge in [0.1, 0.15) is 16.9 Å². The molecule has 2 fully saturated rings. The Balaban J connectivity index is 1.52. The molecule has 2 heterocycles. The summed E-state index contributed by atoms with van der Waals surface area (Å²) in [5.74, 6) is 6.65. The van der Waals surface area contributed by atoms with E-state index in [1.165, 1.54) is 0 Å². The van der Waals surface area contributed by atoms with Crippen molar-refractivity contribution in [3.8, 4) is 11.8 Å². The van der Waals surface area contributed by atoms with E-state index in [2.05, 4.69) is 32.4 Å². The van der Waals surface area contributed by atoms with Crippen molar-refractivity contribution in [2.45, 2.75) is 64.3 Å². The molecule has 0 unspecified atom stereocenters. The van der Waals surface area contributed by atoms with Gasteiger partial charge in [0.05, 0.1) is 0 Å². The number of nitrogens with zero attached hydrogens (tertiary/aromatic N) is 1. The second kappa shape index (κ2) is 8.99. The molecule has 0 aliphatic heterocycles. The van der Waals surface area contributed by atoms with Gasteiger partial charge in [-0.2, -0.15) is 0 Å². The Hall–Kier alpha value is -3.40. The third-order valence-electron chi connectivity index (χ3n) is 6.21. The lowest BCUT2D eigenvalue weighted by molar-refractivity contribution is -0.117. The Morgan fingerprint density at radius 3 is 2.56 bits per heavy atom. The van der Waals surface area contributed by atoms with E-state index in [0.29, 0.717) is 11.4 Å². The third kappa shape index (κ3) is 5.08. The molecule has 2 saturated carbocycles. The van der Waals surface area contributed by atoms with Gasteiger partial charge in [-0.1, -0.05) is 31.1 Å². The normalized spacial score (nSPS) is 17.1. The number of H-pyrrole nitrogens is 1. The monoisotopic (exact) mass is 432 g/mol. The van der Waals surface area contributed by atoms with Crippen LogP contribution >= 0.6 is 0 Å². The maximum absolute atomic E-state index is 13.0. The lowest BCUT2D eigenvalue weighted by Gasteiger charge is -2.33. The quantitative estimate of drug-likeness (QED) is 0.645. The van der Waals surface area contributed by atoms with Crippen LogP contribution in [0, 0.1) is 31.6 Å². The van der Waals surface area contributed by atoms with Crippen molar-refractivity contribution in [3.05, 3.63) is 57.1 Å². The second-order valence-electron chi connectivity index (χ2n) is 8.86. The minimum atomic E-state index is -0.681. The molecule has 0 atom stereocenters. The van der Waals surface area contributed by atoms with Crippen molar-refractivity contribution >= 4 is 17.6 Å². The standard InChI is InChI=1S/C25H28N4O3/c1-16-14-20(23(31)27-17(16)2)24(32)29-25(11-4-3-5-12-25)13-10-18-6-9-21(26-15-18)28-22(30)19-7-8-19/h6,9,14-15,19H,3-5,7-8,11-12H2,1-2H3,(H,27,31)(H,29,32)(H,26,28,30). The van der Waals surface area contributed by atoms with Gasteiger partial charge in [0.2, 0.25) is 5.91 Å². The van der Waals surface area contributed by atoms with Crippen molar-refractivity contribution in [1.82, 2.24) is 15.3 Å². The Labute approximate surface area is 187 Å². The van der Waals surface area contributed by atoms with Crippen LogP contribution in [0.15, 0.2) is 29.2 Å². The molecule has 0 radical (unpaired) electrons. The zero-order chi connectivity index (χ0) is 22.7. The van der Waals surface area contributed by atoms with Crippen LogP contribution in [-0.4, -0.2) is 27.3 Å². The van der Waals surface area contributed by atoms with Gasteiger partial charge in [0.25, 0.3) is 11.5 Å². The van der Waals surface area contributed by atoms with Gasteiger partial charge in [-0.05, 0) is 63.3 Å². The molecule has 2 aliphatic rings. The van der Waals surface area contributed by atoms with Gasteiger partial charge in [0.15, 0.2) is 0 Å². The van der Waals surface area contributed by atoms with E-state index in [1.54, 1.807) is 18.3 Å². The van der Waals surface area contributed by atoms with Crippen molar-refractivity contribution in [3.63, 3.8) is 0 Å². The number of aromatic amines is 1. The summed E-state index contributed by atoms with van der Waals surface area (Å²) in [7, 11) is 0. The molecule has 166 valence electrons. The number of anilines is 1. The van der Waals surface area contributed by atoms with E-state index in [4.69, 9.17) is 0 Å². The summed E-state index contributed by atoms with van der Waals surface area (Å²) >= 11 is 0. The maximum Gasteiger partial charge on any atom is 0.261 e. The molecule has 32 heavy (non-hydrogen) atoms. The number of aromatic nitrogens is 2. The van der Waals surface area contributed by atoms with E-state index in [9.17, 15) is 14.4 Å². The molecule has 0 saturated heterocycles. The number of hydrogen-bond donors (Lipinski definition) is 3. The fourth-order valence-corrected chi connectivity index (χ4v) is 3.92. The Morgan fingerprint density at radius 1 is 1.16 bits per heavy atom. The molecule has 2 aromatic rings. The predicted octanol–water partition coefficient (Wildman–Crippen LogP) is 3.22. The number of amides is 2. The van der Waals surface area contributed by atoms with E-state index < -0.39 is 17.0 Å². The molecule has 4 rings (SSSR count). The third-order valence-corrected chi connectivity index (χ3v) is 6.21. The first-order chi connectivity index (χ1) is 15.3. The highest BCUT2D eigenvalue weighted by Gasteiger charge is 2.33. The molecule has 0 spiro atoms. The zero-order valence-electron chi connectivity index (χ0n) is 18.5. The summed E-state index contributed by atoms with van der Waals surface area (Å²) in [5, 5.41) is 5.87. The summed E-state index contributed by atoms with van der Waals surface area (Å²) < 4.78 is 0. The van der Waals surface area contributed by atoms with Gasteiger partial charge in [-0.15, -0.1) is 0 Å². The largest absolute Gasteiger partial charge is 0.336 e. The van der Waals surface area contributed by atoms with Crippen molar-refractivity contribution in [2.75, 3.05) is 5.32 Å². The minimum Gasteiger partial charge on any atom is -0.336 e. The summed E-state index contributed by atoms with van der Waals surface area (Å²) in [6, 6.07) is 5.19. The summed E-state index contributed by atoms with van der Waals surface area (Å²) in [6.07, 6.45) is 8.00. The fraction of sp³-hybridized carbons (Fsp3) is 0.440. The van der Waals surface area contributed by atoms with Gasteiger partial charge < -0.3 is 15.6 Å². The number of rotatable bonds is 4. The molecule has 0 bridgehead atoms. The topological polar surface area (TPSA) is 104 Å². The van der Waals surface area contributed by atoms with Gasteiger partial charge in [-0.3, -0.25) is 14.4 Å². The van der Waals surface area contributed by atoms with E-state index in [1.807, 2.05) is 19.9 Å². The first-order valence-corrected chi connectivity index (χ1v) is 11.2. The Morgan fingerprint density at radius 2 is 1.91 bits per heavy atom. The molecule has 0 aromatic carbocycles. The molecule has 7 heteroatoms. The van der Waals surface area contributed by atoms with Crippen LogP contribution in [0.5, 0.6) is 0 Å². The SMILES string of the molecule is Cc1cc(C(=O)NC2(C#Cc3ccc(NC(=O)C4CC4)nc3)CCCCC2)c(=O)[nH]c1C. The van der Waals surface area contributed by atoms with E-state index in [-0.39, 0.29) is 17.4 Å². The van der Waals surface area contributed by atoms with Crippen LogP contribution in [0.1, 0.15) is 72.1 Å². The van der Waals surface area contributed by atoms with Crippen molar-refractivity contribution in [1.29, 1.82) is 0 Å². The van der Waals surface area contributed by atoms with Gasteiger partial charge in [0, 0.05) is 23.4 Å². The Bertz CT molecular complexity index is 1140. The van der Waals surface area contributed by atoms with Gasteiger partial charge >= 0.3 is 0 Å². The van der Waals surface area contributed by atoms with Gasteiger partial charge in [-0.25, -0.2) is 4.98 Å². The molecule has 3 N–H and O–H groups in total. The lowest BCUT2D eigenvalue weighted by Crippen LogP contribution is -2.49. The number of aryl methyl sites for hydroxylation is 2. The first kappa shape index (κ1) is 21.8. The van der Waals surface area contributed by atoms with Crippen LogP contribution < -0.4 is 16.2 Å². The van der Waals surface area contributed by atoms with E-state index >= 15 is 0 Å². The average Bonchev–Trinajstić information content (AvgIpc) is 3.62. The molecular formula is C25H28N4O3. The van der Waals surface area contributed by atoms with Crippen LogP contribution in [0.25, 0.3) is 0 Å². The smallest absolute Gasteiger partial charge is 0.261 e. The second-order valence-corrected chi connectivity index (χ2v) is 8.86. The maximum atomic E-state index is 13.0. The predicted molar refractivity (Wildman–Crippen MR) is 122 cm³/mol. The summed E-state index contributed by atoms with van der Waals surface area (Å²) in [4.78, 5) is 44.2. The highest BCUT2D eigenvalue weighted by Crippen LogP contribution is 2.30. The zero-order valence-corrected chi connectivity index (χ0v) is 18.5.